The van der Waals surface area contributed by atoms with Gasteiger partial charge < -0.3 is 5.32 Å². The van der Waals surface area contributed by atoms with Crippen molar-refractivity contribution in [1.82, 2.24) is 5.32 Å². The largest absolute Gasteiger partial charge is 0.317 e. The average Bonchev–Trinajstić information content (AvgIpc) is 2.17. The molecule has 1 nitrogen and oxygen atoms in total. The molecule has 1 saturated carbocycles. The summed E-state index contributed by atoms with van der Waals surface area (Å²) in [5.41, 5.74) is 0. The Labute approximate surface area is 96.0 Å². The Kier molecular flexibility index (Phi) is 5.66. The Morgan fingerprint density at radius 2 is 1.73 bits per heavy atom. The molecule has 1 heteroatoms. The Balaban J connectivity index is 2.43. The van der Waals surface area contributed by atoms with Gasteiger partial charge in [0.05, 0.1) is 0 Å². The van der Waals surface area contributed by atoms with E-state index < -0.39 is 0 Å². The lowest BCUT2D eigenvalue weighted by Crippen LogP contribution is -2.37. The highest BCUT2D eigenvalue weighted by Gasteiger charge is 2.28. The van der Waals surface area contributed by atoms with Crippen LogP contribution in [0.4, 0.5) is 0 Å². The molecule has 3 unspecified atom stereocenters. The maximum absolute atomic E-state index is 3.55. The first-order valence-electron chi connectivity index (χ1n) is 6.84. The topological polar surface area (TPSA) is 12.0 Å². The Morgan fingerprint density at radius 3 is 2.20 bits per heavy atom. The second kappa shape index (κ2) is 6.52. The zero-order valence-electron chi connectivity index (χ0n) is 11.1. The molecule has 1 N–H and O–H groups in total. The molecule has 1 rings (SSSR count). The first-order chi connectivity index (χ1) is 7.17. The van der Waals surface area contributed by atoms with Crippen LogP contribution in [0.2, 0.25) is 0 Å². The summed E-state index contributed by atoms with van der Waals surface area (Å²) in [6.07, 6.45) is 8.41. The molecule has 0 aromatic rings. The zero-order chi connectivity index (χ0) is 11.3. The normalized spacial score (nSPS) is 34.0. The molecule has 0 bridgehead atoms. The Hall–Kier alpha value is -0.0400. The third-order valence-corrected chi connectivity index (χ3v) is 4.02. The summed E-state index contributed by atoms with van der Waals surface area (Å²) in [4.78, 5) is 0. The Bertz CT molecular complexity index is 157. The predicted octanol–water partition coefficient (Wildman–Crippen LogP) is 3.84. The summed E-state index contributed by atoms with van der Waals surface area (Å²) in [5, 5.41) is 3.55. The lowest BCUT2D eigenvalue weighted by Gasteiger charge is -2.36. The van der Waals surface area contributed by atoms with Gasteiger partial charge in [-0.2, -0.15) is 0 Å². The van der Waals surface area contributed by atoms with Crippen molar-refractivity contribution in [3.05, 3.63) is 0 Å². The third kappa shape index (κ3) is 4.14. The fourth-order valence-corrected chi connectivity index (χ4v) is 3.38. The summed E-state index contributed by atoms with van der Waals surface area (Å²) < 4.78 is 0. The van der Waals surface area contributed by atoms with Crippen molar-refractivity contribution in [2.75, 3.05) is 7.05 Å². The molecule has 0 saturated heterocycles. The Morgan fingerprint density at radius 1 is 1.13 bits per heavy atom. The van der Waals surface area contributed by atoms with Crippen LogP contribution >= 0.6 is 0 Å². The minimum atomic E-state index is 0.773. The van der Waals surface area contributed by atoms with Gasteiger partial charge >= 0.3 is 0 Å². The first kappa shape index (κ1) is 13.0. The molecule has 0 aromatic heterocycles. The third-order valence-electron chi connectivity index (χ3n) is 4.02. The van der Waals surface area contributed by atoms with Crippen molar-refractivity contribution in [3.8, 4) is 0 Å². The summed E-state index contributed by atoms with van der Waals surface area (Å²) >= 11 is 0. The van der Waals surface area contributed by atoms with E-state index in [0.29, 0.717) is 0 Å². The molecule has 0 radical (unpaired) electrons. The molecule has 0 heterocycles. The van der Waals surface area contributed by atoms with Crippen LogP contribution in [0.1, 0.15) is 59.3 Å². The smallest absolute Gasteiger partial charge is 0.00925 e. The van der Waals surface area contributed by atoms with Crippen LogP contribution in [0.25, 0.3) is 0 Å². The predicted molar refractivity (Wildman–Crippen MR) is 68.0 cm³/mol. The molecule has 1 aliphatic carbocycles. The van der Waals surface area contributed by atoms with Crippen LogP contribution in [-0.2, 0) is 0 Å². The molecule has 1 fully saturated rings. The van der Waals surface area contributed by atoms with Crippen LogP contribution in [-0.4, -0.2) is 13.1 Å². The second-order valence-corrected chi connectivity index (χ2v) is 5.71. The van der Waals surface area contributed by atoms with Crippen molar-refractivity contribution in [2.45, 2.75) is 65.3 Å². The van der Waals surface area contributed by atoms with Crippen molar-refractivity contribution in [2.24, 2.45) is 17.8 Å². The monoisotopic (exact) mass is 211 g/mol. The fourth-order valence-electron chi connectivity index (χ4n) is 3.38. The van der Waals surface area contributed by atoms with Crippen molar-refractivity contribution >= 4 is 0 Å². The van der Waals surface area contributed by atoms with Crippen molar-refractivity contribution in [3.63, 3.8) is 0 Å². The minimum Gasteiger partial charge on any atom is -0.317 e. The summed E-state index contributed by atoms with van der Waals surface area (Å²) in [7, 11) is 2.14. The molecule has 3 atom stereocenters. The lowest BCUT2D eigenvalue weighted by atomic mass is 9.73. The summed E-state index contributed by atoms with van der Waals surface area (Å²) in [6, 6.07) is 0.773. The van der Waals surface area contributed by atoms with E-state index >= 15 is 0 Å². The molecule has 15 heavy (non-hydrogen) atoms. The van der Waals surface area contributed by atoms with Crippen LogP contribution in [0.15, 0.2) is 0 Å². The van der Waals surface area contributed by atoms with Crippen LogP contribution in [0.5, 0.6) is 0 Å². The zero-order valence-corrected chi connectivity index (χ0v) is 11.1. The maximum Gasteiger partial charge on any atom is 0.00925 e. The number of unbranched alkanes of at least 4 members (excludes halogenated alkanes) is 1. The van der Waals surface area contributed by atoms with E-state index in [0.717, 1.165) is 23.8 Å². The number of nitrogens with one attached hydrogen (secondary N) is 1. The van der Waals surface area contributed by atoms with Gasteiger partial charge in [0.1, 0.15) is 0 Å². The van der Waals surface area contributed by atoms with Gasteiger partial charge in [-0.05, 0) is 50.5 Å². The van der Waals surface area contributed by atoms with Gasteiger partial charge in [-0.1, -0.05) is 33.6 Å². The molecule has 0 amide bonds. The van der Waals surface area contributed by atoms with Gasteiger partial charge in [0.15, 0.2) is 0 Å². The highest BCUT2D eigenvalue weighted by atomic mass is 14.9. The highest BCUT2D eigenvalue weighted by Crippen LogP contribution is 2.35. The SMILES string of the molecule is CCCCC(NC)C1CC(C)CC(C)C1. The summed E-state index contributed by atoms with van der Waals surface area (Å²) in [5.74, 6) is 2.81. The van der Waals surface area contributed by atoms with E-state index in [1.165, 1.54) is 38.5 Å². The van der Waals surface area contributed by atoms with Gasteiger partial charge in [0.2, 0.25) is 0 Å². The second-order valence-electron chi connectivity index (χ2n) is 5.71. The van der Waals surface area contributed by atoms with Crippen molar-refractivity contribution < 1.29 is 0 Å². The average molecular weight is 211 g/mol. The van der Waals surface area contributed by atoms with E-state index in [4.69, 9.17) is 0 Å². The van der Waals surface area contributed by atoms with Gasteiger partial charge in [-0.3, -0.25) is 0 Å². The van der Waals surface area contributed by atoms with E-state index in [1.807, 2.05) is 0 Å². The van der Waals surface area contributed by atoms with Gasteiger partial charge in [0.25, 0.3) is 0 Å². The van der Waals surface area contributed by atoms with Crippen LogP contribution < -0.4 is 5.32 Å². The number of hydrogen-bond donors (Lipinski definition) is 1. The van der Waals surface area contributed by atoms with Crippen molar-refractivity contribution in [1.29, 1.82) is 0 Å². The molecule has 1 aliphatic rings. The van der Waals surface area contributed by atoms with Crippen LogP contribution in [0.3, 0.4) is 0 Å². The molecule has 0 spiro atoms. The van der Waals surface area contributed by atoms with E-state index in [2.05, 4.69) is 33.1 Å². The highest BCUT2D eigenvalue weighted by molar-refractivity contribution is 4.83. The maximum atomic E-state index is 3.55. The minimum absolute atomic E-state index is 0.773. The van der Waals surface area contributed by atoms with E-state index in [-0.39, 0.29) is 0 Å². The molecule has 90 valence electrons. The van der Waals surface area contributed by atoms with Gasteiger partial charge in [-0.15, -0.1) is 0 Å². The molecular weight excluding hydrogens is 182 g/mol. The lowest BCUT2D eigenvalue weighted by molar-refractivity contribution is 0.174. The summed E-state index contributed by atoms with van der Waals surface area (Å²) in [6.45, 7) is 7.14. The fraction of sp³-hybridized carbons (Fsp3) is 1.00. The van der Waals surface area contributed by atoms with Gasteiger partial charge in [-0.25, -0.2) is 0 Å². The first-order valence-corrected chi connectivity index (χ1v) is 6.84. The molecule has 0 aliphatic heterocycles. The van der Waals surface area contributed by atoms with Crippen LogP contribution in [0, 0.1) is 17.8 Å². The molecule has 0 aromatic carbocycles. The van der Waals surface area contributed by atoms with Gasteiger partial charge in [0, 0.05) is 6.04 Å². The molecular formula is C14H29N. The standard InChI is InChI=1S/C14H29N/c1-5-6-7-14(15-4)13-9-11(2)8-12(3)10-13/h11-15H,5-10H2,1-4H3. The van der Waals surface area contributed by atoms with E-state index in [1.54, 1.807) is 0 Å². The number of rotatable bonds is 5. The number of hydrogen-bond acceptors (Lipinski definition) is 1. The van der Waals surface area contributed by atoms with E-state index in [9.17, 15) is 0 Å². The quantitative estimate of drug-likeness (QED) is 0.728.